The van der Waals surface area contributed by atoms with Crippen LogP contribution in [0.25, 0.3) is 0 Å². The molecule has 1 saturated heterocycles. The molecule has 0 atom stereocenters. The van der Waals surface area contributed by atoms with E-state index in [0.29, 0.717) is 31.7 Å². The van der Waals surface area contributed by atoms with Crippen molar-refractivity contribution in [3.63, 3.8) is 0 Å². The van der Waals surface area contributed by atoms with Crippen molar-refractivity contribution in [2.45, 2.75) is 65.2 Å². The molecule has 184 valence electrons. The number of aromatic carboxylic acids is 1. The fourth-order valence-electron chi connectivity index (χ4n) is 4.42. The van der Waals surface area contributed by atoms with Gasteiger partial charge >= 0.3 is 5.97 Å². The molecule has 0 bridgehead atoms. The molecule has 1 amide bonds. The summed E-state index contributed by atoms with van der Waals surface area (Å²) < 4.78 is 0. The van der Waals surface area contributed by atoms with Crippen molar-refractivity contribution in [1.82, 2.24) is 4.90 Å². The Morgan fingerprint density at radius 1 is 0.853 bits per heavy atom. The number of phenolic OH excluding ortho intramolecular Hbond substituents is 1. The topological polar surface area (TPSA) is 81.1 Å². The van der Waals surface area contributed by atoms with Crippen LogP contribution < -0.4 is 4.90 Å². The highest BCUT2D eigenvalue weighted by Crippen LogP contribution is 2.40. The number of hydrogen-bond donors (Lipinski definition) is 2. The van der Waals surface area contributed by atoms with Gasteiger partial charge in [-0.25, -0.2) is 4.79 Å². The summed E-state index contributed by atoms with van der Waals surface area (Å²) >= 11 is 0. The van der Waals surface area contributed by atoms with Crippen LogP contribution in [0.4, 0.5) is 5.69 Å². The molecule has 0 unspecified atom stereocenters. The first kappa shape index (κ1) is 25.6. The average Bonchev–Trinajstić information content (AvgIpc) is 2.76. The summed E-state index contributed by atoms with van der Waals surface area (Å²) in [5, 5.41) is 20.0. The molecule has 0 aromatic heterocycles. The van der Waals surface area contributed by atoms with Gasteiger partial charge in [0.05, 0.1) is 5.56 Å². The number of anilines is 1. The Bertz CT molecular complexity index is 1000. The first-order chi connectivity index (χ1) is 15.8. The molecule has 2 N–H and O–H groups in total. The van der Waals surface area contributed by atoms with Gasteiger partial charge in [-0.15, -0.1) is 0 Å². The number of carbonyl (C=O) groups excluding carboxylic acids is 1. The Labute approximate surface area is 203 Å². The van der Waals surface area contributed by atoms with Crippen molar-refractivity contribution in [2.75, 3.05) is 31.1 Å². The van der Waals surface area contributed by atoms with Crippen LogP contribution in [0.2, 0.25) is 0 Å². The quantitative estimate of drug-likeness (QED) is 0.650. The predicted molar refractivity (Wildman–Crippen MR) is 136 cm³/mol. The number of amides is 1. The third-order valence-corrected chi connectivity index (χ3v) is 6.53. The van der Waals surface area contributed by atoms with Crippen LogP contribution in [-0.4, -0.2) is 53.2 Å². The molecular weight excluding hydrogens is 428 g/mol. The van der Waals surface area contributed by atoms with Gasteiger partial charge in [-0.1, -0.05) is 53.7 Å². The summed E-state index contributed by atoms with van der Waals surface area (Å²) in [6.45, 7) is 15.3. The van der Waals surface area contributed by atoms with Gasteiger partial charge in [-0.05, 0) is 58.2 Å². The van der Waals surface area contributed by atoms with Gasteiger partial charge in [0.15, 0.2) is 0 Å². The number of nitrogens with zero attached hydrogens (tertiary/aromatic N) is 2. The van der Waals surface area contributed by atoms with E-state index in [1.807, 2.05) is 17.0 Å². The van der Waals surface area contributed by atoms with Gasteiger partial charge < -0.3 is 20.0 Å². The molecule has 1 aliphatic rings. The van der Waals surface area contributed by atoms with Crippen LogP contribution in [0.1, 0.15) is 75.0 Å². The second-order valence-corrected chi connectivity index (χ2v) is 11.3. The Balaban J connectivity index is 1.63. The number of benzene rings is 2. The molecule has 0 spiro atoms. The molecule has 1 heterocycles. The molecule has 6 heteroatoms. The van der Waals surface area contributed by atoms with Crippen molar-refractivity contribution < 1.29 is 19.8 Å². The minimum absolute atomic E-state index is 0.142. The van der Waals surface area contributed by atoms with E-state index < -0.39 is 5.97 Å². The SMILES string of the molecule is CC(C)(C)c1cc(CCC(=O)N2CCN(c3ccc(C(=O)O)cc3)CC2)cc(C(C)(C)C)c1O. The normalized spacial score (nSPS) is 14.9. The highest BCUT2D eigenvalue weighted by Gasteiger charge is 2.27. The lowest BCUT2D eigenvalue weighted by Crippen LogP contribution is -2.48. The van der Waals surface area contributed by atoms with Crippen LogP contribution in [0.5, 0.6) is 5.75 Å². The number of aromatic hydroxyl groups is 1. The second kappa shape index (κ2) is 9.69. The maximum Gasteiger partial charge on any atom is 0.335 e. The van der Waals surface area contributed by atoms with Crippen LogP contribution >= 0.6 is 0 Å². The van der Waals surface area contributed by atoms with E-state index in [0.717, 1.165) is 35.5 Å². The van der Waals surface area contributed by atoms with Crippen molar-refractivity contribution in [2.24, 2.45) is 0 Å². The van der Waals surface area contributed by atoms with E-state index in [1.165, 1.54) is 0 Å². The number of hydrogen-bond acceptors (Lipinski definition) is 4. The molecule has 1 aliphatic heterocycles. The van der Waals surface area contributed by atoms with Gasteiger partial charge in [-0.2, -0.15) is 0 Å². The lowest BCUT2D eigenvalue weighted by Gasteiger charge is -2.36. The third-order valence-electron chi connectivity index (χ3n) is 6.53. The van der Waals surface area contributed by atoms with E-state index in [1.54, 1.807) is 12.1 Å². The Hall–Kier alpha value is -3.02. The van der Waals surface area contributed by atoms with Crippen molar-refractivity contribution in [1.29, 1.82) is 0 Å². The van der Waals surface area contributed by atoms with E-state index >= 15 is 0 Å². The molecular formula is C28H38N2O4. The molecule has 34 heavy (non-hydrogen) atoms. The summed E-state index contributed by atoms with van der Waals surface area (Å²) in [6, 6.07) is 11.0. The van der Waals surface area contributed by atoms with E-state index in [2.05, 4.69) is 58.6 Å². The standard InChI is InChI=1S/C28H38N2O4/c1-27(2,3)22-17-19(18-23(25(22)32)28(4,5)6)7-12-24(31)30-15-13-29(14-16-30)21-10-8-20(9-11-21)26(33)34/h8-11,17-18,32H,7,12-16H2,1-6H3,(H,33,34). The minimum Gasteiger partial charge on any atom is -0.507 e. The van der Waals surface area contributed by atoms with Crippen molar-refractivity contribution in [3.8, 4) is 5.75 Å². The minimum atomic E-state index is -0.931. The highest BCUT2D eigenvalue weighted by molar-refractivity contribution is 5.88. The summed E-state index contributed by atoms with van der Waals surface area (Å²) in [7, 11) is 0. The number of carboxylic acids is 1. The fourth-order valence-corrected chi connectivity index (χ4v) is 4.42. The first-order valence-corrected chi connectivity index (χ1v) is 12.0. The van der Waals surface area contributed by atoms with Crippen LogP contribution in [0.15, 0.2) is 36.4 Å². The number of carboxylic acid groups (broad SMARTS) is 1. The van der Waals surface area contributed by atoms with Gasteiger partial charge in [0.2, 0.25) is 5.91 Å². The number of aryl methyl sites for hydroxylation is 1. The third kappa shape index (κ3) is 5.91. The van der Waals surface area contributed by atoms with Gasteiger partial charge in [0.25, 0.3) is 0 Å². The zero-order valence-corrected chi connectivity index (χ0v) is 21.3. The summed E-state index contributed by atoms with van der Waals surface area (Å²) in [5.41, 5.74) is 3.79. The van der Waals surface area contributed by atoms with Crippen LogP contribution in [-0.2, 0) is 22.0 Å². The van der Waals surface area contributed by atoms with Crippen molar-refractivity contribution in [3.05, 3.63) is 58.7 Å². The maximum atomic E-state index is 13.0. The molecule has 0 radical (unpaired) electrons. The smallest absolute Gasteiger partial charge is 0.335 e. The molecule has 6 nitrogen and oxygen atoms in total. The summed E-state index contributed by atoms with van der Waals surface area (Å²) in [5.74, 6) is -0.425. The molecule has 3 rings (SSSR count). The molecule has 1 fully saturated rings. The molecule has 2 aromatic rings. The first-order valence-electron chi connectivity index (χ1n) is 12.0. The highest BCUT2D eigenvalue weighted by atomic mass is 16.4. The fraction of sp³-hybridized carbons (Fsp3) is 0.500. The molecule has 2 aromatic carbocycles. The maximum absolute atomic E-state index is 13.0. The Kier molecular flexibility index (Phi) is 7.29. The lowest BCUT2D eigenvalue weighted by molar-refractivity contribution is -0.131. The van der Waals surface area contributed by atoms with Crippen LogP contribution in [0.3, 0.4) is 0 Å². The number of phenols is 1. The Morgan fingerprint density at radius 3 is 1.79 bits per heavy atom. The number of piperazine rings is 1. The molecule has 0 aliphatic carbocycles. The second-order valence-electron chi connectivity index (χ2n) is 11.3. The monoisotopic (exact) mass is 466 g/mol. The average molecular weight is 467 g/mol. The van der Waals surface area contributed by atoms with Crippen molar-refractivity contribution >= 4 is 17.6 Å². The van der Waals surface area contributed by atoms with Crippen LogP contribution in [0, 0.1) is 0 Å². The number of rotatable bonds is 5. The van der Waals surface area contributed by atoms with E-state index in [4.69, 9.17) is 5.11 Å². The summed E-state index contributed by atoms with van der Waals surface area (Å²) in [4.78, 5) is 28.1. The zero-order valence-electron chi connectivity index (χ0n) is 21.3. The van der Waals surface area contributed by atoms with E-state index in [9.17, 15) is 14.7 Å². The zero-order chi connectivity index (χ0) is 25.3. The van der Waals surface area contributed by atoms with Gasteiger partial charge in [0, 0.05) is 38.3 Å². The predicted octanol–water partition coefficient (Wildman–Crippen LogP) is 4.97. The lowest BCUT2D eigenvalue weighted by atomic mass is 9.78. The molecule has 0 saturated carbocycles. The number of carbonyl (C=O) groups is 2. The van der Waals surface area contributed by atoms with E-state index in [-0.39, 0.29) is 22.3 Å². The summed E-state index contributed by atoms with van der Waals surface area (Å²) in [6.07, 6.45) is 1.08. The largest absolute Gasteiger partial charge is 0.507 e. The van der Waals surface area contributed by atoms with Gasteiger partial charge in [0.1, 0.15) is 5.75 Å². The Morgan fingerprint density at radius 2 is 1.35 bits per heavy atom. The van der Waals surface area contributed by atoms with Gasteiger partial charge in [-0.3, -0.25) is 4.79 Å².